The first-order valence-corrected chi connectivity index (χ1v) is 6.58. The smallest absolute Gasteiger partial charge is 0.119 e. The van der Waals surface area contributed by atoms with Crippen molar-refractivity contribution in [3.63, 3.8) is 0 Å². The van der Waals surface area contributed by atoms with E-state index in [1.807, 2.05) is 0 Å². The Morgan fingerprint density at radius 2 is 1.80 bits per heavy atom. The maximum atomic E-state index is 6.18. The van der Waals surface area contributed by atoms with Crippen LogP contribution in [0.1, 0.15) is 59.3 Å². The maximum Gasteiger partial charge on any atom is 0.119 e. The summed E-state index contributed by atoms with van der Waals surface area (Å²) in [4.78, 5) is 0. The van der Waals surface area contributed by atoms with Gasteiger partial charge < -0.3 is 4.74 Å². The van der Waals surface area contributed by atoms with Crippen LogP contribution in [0.4, 0.5) is 0 Å². The van der Waals surface area contributed by atoms with Crippen LogP contribution in [0.5, 0.6) is 0 Å². The summed E-state index contributed by atoms with van der Waals surface area (Å²) in [5.74, 6) is 0. The van der Waals surface area contributed by atoms with Crippen molar-refractivity contribution in [3.8, 4) is 0 Å². The number of ether oxygens (including phenoxy) is 1. The van der Waals surface area contributed by atoms with Gasteiger partial charge in [-0.25, -0.2) is 0 Å². The van der Waals surface area contributed by atoms with Crippen molar-refractivity contribution >= 4 is 0 Å². The molecule has 0 amide bonds. The van der Waals surface area contributed by atoms with E-state index in [1.165, 1.54) is 25.7 Å². The lowest BCUT2D eigenvalue weighted by Crippen LogP contribution is -2.60. The molecule has 1 saturated carbocycles. The summed E-state index contributed by atoms with van der Waals surface area (Å²) in [6.07, 6.45) is 7.42. The molecule has 2 heteroatoms. The zero-order chi connectivity index (χ0) is 10.9. The molecule has 1 heterocycles. The topological polar surface area (TPSA) is 21.3 Å². The van der Waals surface area contributed by atoms with E-state index < -0.39 is 0 Å². The molecule has 1 aliphatic carbocycles. The normalized spacial score (nSPS) is 31.8. The summed E-state index contributed by atoms with van der Waals surface area (Å²) in [5.41, 5.74) is 0.502. The highest BCUT2D eigenvalue weighted by atomic mass is 16.5. The van der Waals surface area contributed by atoms with Crippen molar-refractivity contribution in [2.45, 2.75) is 71.1 Å². The third-order valence-electron chi connectivity index (χ3n) is 4.23. The van der Waals surface area contributed by atoms with Gasteiger partial charge in [0.15, 0.2) is 0 Å². The molecule has 1 spiro atoms. The van der Waals surface area contributed by atoms with E-state index in [0.29, 0.717) is 11.5 Å². The summed E-state index contributed by atoms with van der Waals surface area (Å²) in [7, 11) is 0. The summed E-state index contributed by atoms with van der Waals surface area (Å²) >= 11 is 0. The quantitative estimate of drug-likeness (QED) is 0.771. The van der Waals surface area contributed by atoms with Crippen molar-refractivity contribution in [1.29, 1.82) is 0 Å². The molecule has 1 unspecified atom stereocenters. The first-order valence-electron chi connectivity index (χ1n) is 6.58. The molecule has 2 rings (SSSR count). The molecule has 88 valence electrons. The molecule has 2 nitrogen and oxygen atoms in total. The van der Waals surface area contributed by atoms with Crippen LogP contribution in [-0.2, 0) is 4.74 Å². The second-order valence-electron chi connectivity index (χ2n) is 5.51. The fourth-order valence-electron chi connectivity index (χ4n) is 2.96. The number of hydrogen-bond donors (Lipinski definition) is 1. The minimum absolute atomic E-state index is 0.00322. The molecule has 1 atom stereocenters. The van der Waals surface area contributed by atoms with Crippen molar-refractivity contribution in [1.82, 2.24) is 5.32 Å². The lowest BCUT2D eigenvalue weighted by Gasteiger charge is -2.45. The minimum atomic E-state index is -0.00322. The molecule has 0 radical (unpaired) electrons. The SMILES string of the molecule is CCCC1(CCC)NC(C)C2(CC2)CO1. The molecular weight excluding hydrogens is 186 g/mol. The van der Waals surface area contributed by atoms with E-state index >= 15 is 0 Å². The predicted molar refractivity (Wildman–Crippen MR) is 62.8 cm³/mol. The summed E-state index contributed by atoms with van der Waals surface area (Å²) in [6.45, 7) is 7.82. The van der Waals surface area contributed by atoms with Crippen LogP contribution in [0.3, 0.4) is 0 Å². The number of nitrogens with one attached hydrogen (secondary N) is 1. The van der Waals surface area contributed by atoms with Crippen LogP contribution < -0.4 is 5.32 Å². The van der Waals surface area contributed by atoms with Gasteiger partial charge in [0.05, 0.1) is 6.61 Å². The minimum Gasteiger partial charge on any atom is -0.360 e. The lowest BCUT2D eigenvalue weighted by atomic mass is 9.91. The van der Waals surface area contributed by atoms with E-state index in [4.69, 9.17) is 4.74 Å². The van der Waals surface area contributed by atoms with Crippen LogP contribution in [0.2, 0.25) is 0 Å². The maximum absolute atomic E-state index is 6.18. The van der Waals surface area contributed by atoms with E-state index in [2.05, 4.69) is 26.1 Å². The Morgan fingerprint density at radius 3 is 2.20 bits per heavy atom. The van der Waals surface area contributed by atoms with E-state index in [1.54, 1.807) is 0 Å². The van der Waals surface area contributed by atoms with E-state index in [9.17, 15) is 0 Å². The van der Waals surface area contributed by atoms with Crippen LogP contribution in [0, 0.1) is 5.41 Å². The van der Waals surface area contributed by atoms with Gasteiger partial charge in [0.2, 0.25) is 0 Å². The highest BCUT2D eigenvalue weighted by Gasteiger charge is 2.54. The summed E-state index contributed by atoms with van der Waals surface area (Å²) < 4.78 is 6.18. The van der Waals surface area contributed by atoms with Crippen LogP contribution >= 0.6 is 0 Å². The molecule has 0 aromatic heterocycles. The van der Waals surface area contributed by atoms with Crippen molar-refractivity contribution in [2.75, 3.05) is 6.61 Å². The Hall–Kier alpha value is -0.0800. The van der Waals surface area contributed by atoms with Gasteiger partial charge in [0, 0.05) is 11.5 Å². The van der Waals surface area contributed by atoms with Gasteiger partial charge in [-0.1, -0.05) is 26.7 Å². The monoisotopic (exact) mass is 211 g/mol. The van der Waals surface area contributed by atoms with Crippen LogP contribution in [0.25, 0.3) is 0 Å². The highest BCUT2D eigenvalue weighted by molar-refractivity contribution is 5.05. The molecule has 0 aromatic carbocycles. The van der Waals surface area contributed by atoms with Gasteiger partial charge in [0.1, 0.15) is 5.72 Å². The fraction of sp³-hybridized carbons (Fsp3) is 1.00. The Labute approximate surface area is 93.8 Å². The average Bonchev–Trinajstić information content (AvgIpc) is 2.95. The standard InChI is InChI=1S/C13H25NO/c1-4-6-13(7-5-2)14-11(3)12(8-9-12)10-15-13/h11,14H,4-10H2,1-3H3. The summed E-state index contributed by atoms with van der Waals surface area (Å²) in [5, 5.41) is 3.76. The first kappa shape index (κ1) is 11.4. The largest absolute Gasteiger partial charge is 0.360 e. The van der Waals surface area contributed by atoms with Gasteiger partial charge in [-0.15, -0.1) is 0 Å². The highest BCUT2D eigenvalue weighted by Crippen LogP contribution is 2.52. The molecular formula is C13H25NO. The van der Waals surface area contributed by atoms with E-state index in [0.717, 1.165) is 19.4 Å². The third kappa shape index (κ3) is 2.07. The molecule has 2 aliphatic rings. The second-order valence-corrected chi connectivity index (χ2v) is 5.51. The zero-order valence-corrected chi connectivity index (χ0v) is 10.4. The molecule has 2 fully saturated rings. The predicted octanol–water partition coefficient (Wildman–Crippen LogP) is 3.07. The molecule has 15 heavy (non-hydrogen) atoms. The Morgan fingerprint density at radius 1 is 1.20 bits per heavy atom. The van der Waals surface area contributed by atoms with Gasteiger partial charge in [-0.2, -0.15) is 0 Å². The zero-order valence-electron chi connectivity index (χ0n) is 10.4. The van der Waals surface area contributed by atoms with Crippen molar-refractivity contribution < 1.29 is 4.74 Å². The third-order valence-corrected chi connectivity index (χ3v) is 4.23. The second kappa shape index (κ2) is 4.06. The summed E-state index contributed by atoms with van der Waals surface area (Å²) in [6, 6.07) is 0.643. The molecule has 1 N–H and O–H groups in total. The lowest BCUT2D eigenvalue weighted by molar-refractivity contribution is -0.147. The van der Waals surface area contributed by atoms with Gasteiger partial charge in [-0.3, -0.25) is 5.32 Å². The fourth-order valence-corrected chi connectivity index (χ4v) is 2.96. The molecule has 0 aromatic rings. The Bertz CT molecular complexity index is 217. The Kier molecular flexibility index (Phi) is 3.09. The van der Waals surface area contributed by atoms with Crippen molar-refractivity contribution in [2.24, 2.45) is 5.41 Å². The van der Waals surface area contributed by atoms with Crippen molar-refractivity contribution in [3.05, 3.63) is 0 Å². The average molecular weight is 211 g/mol. The number of rotatable bonds is 4. The first-order chi connectivity index (χ1) is 7.16. The molecule has 0 bridgehead atoms. The van der Waals surface area contributed by atoms with E-state index in [-0.39, 0.29) is 5.72 Å². The Balaban J connectivity index is 2.01. The molecule has 1 aliphatic heterocycles. The van der Waals surface area contributed by atoms with Crippen LogP contribution in [-0.4, -0.2) is 18.4 Å². The molecule has 1 saturated heterocycles. The number of hydrogen-bond acceptors (Lipinski definition) is 2. The van der Waals surface area contributed by atoms with Gasteiger partial charge in [0.25, 0.3) is 0 Å². The van der Waals surface area contributed by atoms with Gasteiger partial charge >= 0.3 is 0 Å². The van der Waals surface area contributed by atoms with Gasteiger partial charge in [-0.05, 0) is 32.6 Å². The van der Waals surface area contributed by atoms with Crippen LogP contribution in [0.15, 0.2) is 0 Å².